The fourth-order valence-electron chi connectivity index (χ4n) is 2.56. The van der Waals surface area contributed by atoms with Gasteiger partial charge in [-0.1, -0.05) is 60.1 Å². The molecule has 3 N–H and O–H groups in total. The lowest BCUT2D eigenvalue weighted by atomic mass is 9.97. The molecule has 0 fully saturated rings. The lowest BCUT2D eigenvalue weighted by Crippen LogP contribution is -2.13. The first kappa shape index (κ1) is 18.0. The number of H-pyrrole nitrogens is 1. The van der Waals surface area contributed by atoms with Gasteiger partial charge in [-0.25, -0.2) is 0 Å². The minimum absolute atomic E-state index is 0.250. The average molecular weight is 384 g/mol. The van der Waals surface area contributed by atoms with E-state index in [2.05, 4.69) is 16.9 Å². The summed E-state index contributed by atoms with van der Waals surface area (Å²) in [5.41, 5.74) is 3.09. The van der Waals surface area contributed by atoms with Gasteiger partial charge in [-0.3, -0.25) is 10.2 Å². The van der Waals surface area contributed by atoms with Gasteiger partial charge in [0.15, 0.2) is 0 Å². The second-order valence-electron chi connectivity index (χ2n) is 5.52. The highest BCUT2D eigenvalue weighted by Gasteiger charge is 2.15. The Labute approximate surface area is 161 Å². The highest BCUT2D eigenvalue weighted by Crippen LogP contribution is 2.26. The molecule has 0 aliphatic rings. The molecule has 3 rings (SSSR count). The molecule has 0 bridgehead atoms. The summed E-state index contributed by atoms with van der Waals surface area (Å²) in [5.74, 6) is -0.369. The van der Waals surface area contributed by atoms with E-state index in [1.165, 1.54) is 0 Å². The van der Waals surface area contributed by atoms with Crippen molar-refractivity contribution in [1.29, 1.82) is 5.41 Å². The van der Waals surface area contributed by atoms with Crippen LogP contribution < -0.4 is 5.32 Å². The Morgan fingerprint density at radius 1 is 1.08 bits per heavy atom. The van der Waals surface area contributed by atoms with Crippen molar-refractivity contribution in [3.05, 3.63) is 93.7 Å². The summed E-state index contributed by atoms with van der Waals surface area (Å²) in [4.78, 5) is 15.1. The molecule has 130 valence electrons. The number of anilines is 1. The molecule has 3 aromatic rings. The molecule has 1 aromatic heterocycles. The van der Waals surface area contributed by atoms with Gasteiger partial charge in [0.25, 0.3) is 5.91 Å². The lowest BCUT2D eigenvalue weighted by Gasteiger charge is -2.12. The number of carbonyl (C=O) groups is 1. The number of halogens is 2. The van der Waals surface area contributed by atoms with Crippen molar-refractivity contribution in [2.45, 2.75) is 0 Å². The van der Waals surface area contributed by atoms with E-state index in [4.69, 9.17) is 28.6 Å². The summed E-state index contributed by atoms with van der Waals surface area (Å²) in [6.07, 6.45) is 3.28. The Kier molecular flexibility index (Phi) is 5.26. The van der Waals surface area contributed by atoms with E-state index in [9.17, 15) is 4.79 Å². The molecule has 0 aliphatic carbocycles. The van der Waals surface area contributed by atoms with Gasteiger partial charge in [0, 0.05) is 23.0 Å². The van der Waals surface area contributed by atoms with E-state index in [0.29, 0.717) is 26.9 Å². The number of aromatic nitrogens is 1. The van der Waals surface area contributed by atoms with E-state index < -0.39 is 0 Å². The average Bonchev–Trinajstić information content (AvgIpc) is 3.08. The smallest absolute Gasteiger partial charge is 0.273 e. The Morgan fingerprint density at radius 3 is 2.54 bits per heavy atom. The number of nitrogens with one attached hydrogen (secondary N) is 3. The van der Waals surface area contributed by atoms with E-state index in [0.717, 1.165) is 5.56 Å². The molecule has 0 unspecified atom stereocenters. The van der Waals surface area contributed by atoms with Crippen LogP contribution in [-0.4, -0.2) is 16.6 Å². The largest absolute Gasteiger partial charge is 0.356 e. The Morgan fingerprint density at radius 2 is 1.85 bits per heavy atom. The van der Waals surface area contributed by atoms with Crippen LogP contribution in [0.5, 0.6) is 0 Å². The molecule has 0 radical (unpaired) electrons. The minimum atomic E-state index is -0.369. The third-order valence-electron chi connectivity index (χ3n) is 3.87. The summed E-state index contributed by atoms with van der Waals surface area (Å²) in [6, 6.07) is 14.0. The summed E-state index contributed by atoms with van der Waals surface area (Å²) in [7, 11) is 0. The van der Waals surface area contributed by atoms with Gasteiger partial charge in [0.1, 0.15) is 5.69 Å². The van der Waals surface area contributed by atoms with Crippen LogP contribution in [0.15, 0.2) is 61.3 Å². The van der Waals surface area contributed by atoms with E-state index in [-0.39, 0.29) is 17.3 Å². The quantitative estimate of drug-likeness (QED) is 0.490. The summed E-state index contributed by atoms with van der Waals surface area (Å²) in [6.45, 7) is 3.78. The minimum Gasteiger partial charge on any atom is -0.356 e. The summed E-state index contributed by atoms with van der Waals surface area (Å²) >= 11 is 12.3. The van der Waals surface area contributed by atoms with Crippen molar-refractivity contribution in [2.24, 2.45) is 0 Å². The molecule has 6 heteroatoms. The van der Waals surface area contributed by atoms with Crippen molar-refractivity contribution in [3.63, 3.8) is 0 Å². The molecule has 0 aliphatic heterocycles. The number of carbonyl (C=O) groups excluding carboxylic acids is 1. The fourth-order valence-corrected chi connectivity index (χ4v) is 2.98. The SMILES string of the molecule is C=Cc1ccccc1C(=N)c1cc(NC(=O)c2[nH]ccc2Cl)ccc1Cl. The van der Waals surface area contributed by atoms with E-state index in [1.54, 1.807) is 36.5 Å². The van der Waals surface area contributed by atoms with Crippen molar-refractivity contribution in [2.75, 3.05) is 5.32 Å². The van der Waals surface area contributed by atoms with E-state index >= 15 is 0 Å². The predicted octanol–water partition coefficient (Wildman–Crippen LogP) is 5.63. The Balaban J connectivity index is 1.93. The maximum Gasteiger partial charge on any atom is 0.273 e. The molecular weight excluding hydrogens is 369 g/mol. The molecule has 0 atom stereocenters. The van der Waals surface area contributed by atoms with Crippen LogP contribution in [-0.2, 0) is 0 Å². The van der Waals surface area contributed by atoms with Gasteiger partial charge in [0.05, 0.1) is 15.8 Å². The Bertz CT molecular complexity index is 1010. The first-order valence-corrected chi connectivity index (χ1v) is 8.51. The molecule has 1 heterocycles. The second-order valence-corrected chi connectivity index (χ2v) is 6.33. The number of hydrogen-bond acceptors (Lipinski definition) is 2. The molecule has 1 amide bonds. The third kappa shape index (κ3) is 3.57. The van der Waals surface area contributed by atoms with Crippen LogP contribution in [0.1, 0.15) is 27.2 Å². The van der Waals surface area contributed by atoms with Crippen LogP contribution >= 0.6 is 23.2 Å². The van der Waals surface area contributed by atoms with Gasteiger partial charge in [-0.2, -0.15) is 0 Å². The molecule has 26 heavy (non-hydrogen) atoms. The van der Waals surface area contributed by atoms with Crippen molar-refractivity contribution in [3.8, 4) is 0 Å². The van der Waals surface area contributed by atoms with Crippen LogP contribution in [0.25, 0.3) is 6.08 Å². The molecule has 0 saturated carbocycles. The lowest BCUT2D eigenvalue weighted by molar-refractivity contribution is 0.102. The Hall–Kier alpha value is -2.82. The van der Waals surface area contributed by atoms with Gasteiger partial charge in [-0.05, 0) is 29.8 Å². The highest BCUT2D eigenvalue weighted by molar-refractivity contribution is 6.36. The zero-order valence-electron chi connectivity index (χ0n) is 13.6. The van der Waals surface area contributed by atoms with Crippen molar-refractivity contribution >= 4 is 46.6 Å². The molecule has 4 nitrogen and oxygen atoms in total. The normalized spacial score (nSPS) is 10.4. The topological polar surface area (TPSA) is 68.7 Å². The standard InChI is InChI=1S/C20H15Cl2N3O/c1-2-12-5-3-4-6-14(12)18(23)15-11-13(7-8-16(15)21)25-20(26)19-17(22)9-10-24-19/h2-11,23-24H,1H2,(H,25,26). The van der Waals surface area contributed by atoms with Crippen LogP contribution in [0.2, 0.25) is 10.0 Å². The van der Waals surface area contributed by atoms with Crippen molar-refractivity contribution < 1.29 is 4.79 Å². The zero-order chi connectivity index (χ0) is 18.7. The summed E-state index contributed by atoms with van der Waals surface area (Å²) < 4.78 is 0. The maximum absolute atomic E-state index is 12.3. The predicted molar refractivity (Wildman–Crippen MR) is 108 cm³/mol. The number of amides is 1. The van der Waals surface area contributed by atoms with Gasteiger partial charge < -0.3 is 10.3 Å². The van der Waals surface area contributed by atoms with Gasteiger partial charge in [0.2, 0.25) is 0 Å². The second kappa shape index (κ2) is 7.60. The molecular formula is C20H15Cl2N3O. The number of hydrogen-bond donors (Lipinski definition) is 3. The van der Waals surface area contributed by atoms with Crippen molar-refractivity contribution in [1.82, 2.24) is 4.98 Å². The molecule has 2 aromatic carbocycles. The third-order valence-corrected chi connectivity index (χ3v) is 4.51. The van der Waals surface area contributed by atoms with Crippen LogP contribution in [0, 0.1) is 5.41 Å². The maximum atomic E-state index is 12.3. The van der Waals surface area contributed by atoms with E-state index in [1.807, 2.05) is 24.3 Å². The summed E-state index contributed by atoms with van der Waals surface area (Å²) in [5, 5.41) is 12.1. The van der Waals surface area contributed by atoms with Gasteiger partial charge in [-0.15, -0.1) is 0 Å². The van der Waals surface area contributed by atoms with Gasteiger partial charge >= 0.3 is 0 Å². The number of benzene rings is 2. The number of rotatable bonds is 5. The van der Waals surface area contributed by atoms with Crippen LogP contribution in [0.4, 0.5) is 5.69 Å². The highest BCUT2D eigenvalue weighted by atomic mass is 35.5. The zero-order valence-corrected chi connectivity index (χ0v) is 15.2. The fraction of sp³-hybridized carbons (Fsp3) is 0. The monoisotopic (exact) mass is 383 g/mol. The first-order chi connectivity index (χ1) is 12.5. The van der Waals surface area contributed by atoms with Crippen LogP contribution in [0.3, 0.4) is 0 Å². The molecule has 0 saturated heterocycles. The molecule has 0 spiro atoms. The number of aromatic amines is 1. The first-order valence-electron chi connectivity index (χ1n) is 7.76.